The summed E-state index contributed by atoms with van der Waals surface area (Å²) in [6.45, 7) is 25.9. The van der Waals surface area contributed by atoms with E-state index < -0.39 is 11.9 Å². The highest BCUT2D eigenvalue weighted by Crippen LogP contribution is 2.34. The molecule has 2 atom stereocenters. The van der Waals surface area contributed by atoms with Crippen molar-refractivity contribution < 1.29 is 9.90 Å². The predicted octanol–water partition coefficient (Wildman–Crippen LogP) is 13.5. The summed E-state index contributed by atoms with van der Waals surface area (Å²) in [5, 5.41) is 10.8. The van der Waals surface area contributed by atoms with Gasteiger partial charge in [0, 0.05) is 0 Å². The second kappa shape index (κ2) is 23.7. The molecule has 0 bridgehead atoms. The van der Waals surface area contributed by atoms with Crippen molar-refractivity contribution >= 4 is 5.97 Å². The molecule has 0 aliphatic heterocycles. The molecule has 0 heterocycles. The van der Waals surface area contributed by atoms with Gasteiger partial charge in [-0.15, -0.1) is 0 Å². The van der Waals surface area contributed by atoms with Crippen LogP contribution < -0.4 is 0 Å². The van der Waals surface area contributed by atoms with Crippen molar-refractivity contribution in [2.24, 2.45) is 17.8 Å². The first-order valence-electron chi connectivity index (χ1n) is 17.0. The molecule has 0 aliphatic rings. The Labute approximate surface area is 273 Å². The normalized spacial score (nSPS) is 14.8. The van der Waals surface area contributed by atoms with Gasteiger partial charge in [-0.3, -0.25) is 4.79 Å². The van der Waals surface area contributed by atoms with Crippen LogP contribution in [0.4, 0.5) is 0 Å². The summed E-state index contributed by atoms with van der Waals surface area (Å²) >= 11 is 0. The molecule has 0 aromatic rings. The molecule has 0 amide bonds. The largest absolute Gasteiger partial charge is 0.481 e. The summed E-state index contributed by atoms with van der Waals surface area (Å²) in [6, 6.07) is 0. The van der Waals surface area contributed by atoms with Gasteiger partial charge in [-0.1, -0.05) is 93.2 Å². The van der Waals surface area contributed by atoms with Gasteiger partial charge >= 0.3 is 5.97 Å². The number of hydrogen-bond acceptors (Lipinski definition) is 1. The molecule has 2 unspecified atom stereocenters. The molecule has 44 heavy (non-hydrogen) atoms. The van der Waals surface area contributed by atoms with E-state index in [1.54, 1.807) is 0 Å². The van der Waals surface area contributed by atoms with E-state index >= 15 is 0 Å². The lowest BCUT2D eigenvalue weighted by molar-refractivity contribution is -0.144. The third-order valence-corrected chi connectivity index (χ3v) is 8.05. The maximum absolute atomic E-state index is 13.2. The zero-order valence-corrected chi connectivity index (χ0v) is 30.8. The average molecular weight is 605 g/mol. The van der Waals surface area contributed by atoms with Gasteiger partial charge < -0.3 is 5.11 Å². The van der Waals surface area contributed by atoms with Crippen LogP contribution in [0.15, 0.2) is 93.2 Å². The Morgan fingerprint density at radius 2 is 0.727 bits per heavy atom. The van der Waals surface area contributed by atoms with Crippen LogP contribution in [-0.4, -0.2) is 11.1 Å². The molecular formula is C42H68O2. The van der Waals surface area contributed by atoms with Gasteiger partial charge in [-0.25, -0.2) is 0 Å². The Morgan fingerprint density at radius 1 is 0.455 bits per heavy atom. The number of rotatable bonds is 21. The number of carboxylic acids is 1. The SMILES string of the molecule is CC(C)=CCCC(C)=CCC(C=C(C)CCC=C(C)C)C(C(=O)O)C(C=C(C)CCC=C(C)C)CC=C(C)CCC=C(C)C. The zero-order valence-electron chi connectivity index (χ0n) is 30.8. The zero-order chi connectivity index (χ0) is 33.7. The summed E-state index contributed by atoms with van der Waals surface area (Å²) in [4.78, 5) is 13.2. The monoisotopic (exact) mass is 605 g/mol. The number of aliphatic carboxylic acids is 1. The summed E-state index contributed by atoms with van der Waals surface area (Å²) < 4.78 is 0. The molecule has 0 aromatic heterocycles. The molecule has 0 saturated carbocycles. The highest BCUT2D eigenvalue weighted by molar-refractivity contribution is 5.71. The Kier molecular flexibility index (Phi) is 22.3. The quantitative estimate of drug-likeness (QED) is 0.132. The Morgan fingerprint density at radius 3 is 0.977 bits per heavy atom. The van der Waals surface area contributed by atoms with E-state index in [-0.39, 0.29) is 11.8 Å². The van der Waals surface area contributed by atoms with Gasteiger partial charge in [0.05, 0.1) is 5.92 Å². The number of hydrogen-bond donors (Lipinski definition) is 1. The van der Waals surface area contributed by atoms with E-state index in [9.17, 15) is 9.90 Å². The summed E-state index contributed by atoms with van der Waals surface area (Å²) in [6.07, 6.45) is 27.8. The fourth-order valence-electron chi connectivity index (χ4n) is 5.45. The molecule has 0 rings (SSSR count). The van der Waals surface area contributed by atoms with Crippen molar-refractivity contribution in [2.45, 2.75) is 147 Å². The molecule has 1 N–H and O–H groups in total. The number of allylic oxidation sites excluding steroid dienone is 16. The van der Waals surface area contributed by atoms with Crippen LogP contribution in [0.3, 0.4) is 0 Å². The van der Waals surface area contributed by atoms with Crippen LogP contribution in [0.2, 0.25) is 0 Å². The van der Waals surface area contributed by atoms with E-state index in [4.69, 9.17) is 0 Å². The van der Waals surface area contributed by atoms with Gasteiger partial charge in [0.15, 0.2) is 0 Å². The lowest BCUT2D eigenvalue weighted by atomic mass is 9.75. The minimum absolute atomic E-state index is 0.0659. The molecule has 0 radical (unpaired) electrons. The minimum atomic E-state index is -0.687. The predicted molar refractivity (Wildman–Crippen MR) is 197 cm³/mol. The van der Waals surface area contributed by atoms with Crippen LogP contribution in [0, 0.1) is 17.8 Å². The second-order valence-electron chi connectivity index (χ2n) is 14.1. The maximum Gasteiger partial charge on any atom is 0.307 e. The Hall–Kier alpha value is -2.61. The van der Waals surface area contributed by atoms with E-state index in [1.165, 1.54) is 44.6 Å². The summed E-state index contributed by atoms with van der Waals surface area (Å²) in [5.41, 5.74) is 10.6. The van der Waals surface area contributed by atoms with Crippen LogP contribution in [0.25, 0.3) is 0 Å². The minimum Gasteiger partial charge on any atom is -0.481 e. The first kappa shape index (κ1) is 41.4. The molecule has 2 nitrogen and oxygen atoms in total. The highest BCUT2D eigenvalue weighted by atomic mass is 16.4. The lowest BCUT2D eigenvalue weighted by Gasteiger charge is -2.28. The van der Waals surface area contributed by atoms with E-state index in [1.807, 2.05) is 0 Å². The maximum atomic E-state index is 13.2. The first-order valence-corrected chi connectivity index (χ1v) is 17.0. The average Bonchev–Trinajstić information content (AvgIpc) is 2.89. The lowest BCUT2D eigenvalue weighted by Crippen LogP contribution is -2.29. The van der Waals surface area contributed by atoms with Gasteiger partial charge in [0.2, 0.25) is 0 Å². The topological polar surface area (TPSA) is 37.3 Å². The molecule has 0 spiro atoms. The third-order valence-electron chi connectivity index (χ3n) is 8.05. The van der Waals surface area contributed by atoms with Crippen LogP contribution in [0.1, 0.15) is 147 Å². The van der Waals surface area contributed by atoms with Crippen LogP contribution >= 0.6 is 0 Å². The van der Waals surface area contributed by atoms with Crippen molar-refractivity contribution in [3.63, 3.8) is 0 Å². The van der Waals surface area contributed by atoms with Gasteiger partial charge in [0.1, 0.15) is 0 Å². The van der Waals surface area contributed by atoms with E-state index in [0.717, 1.165) is 64.2 Å². The standard InChI is InChI=1S/C42H68O2/c1-31(2)17-13-21-35(9)25-27-39(29-37(11)23-15-19-33(5)6)41(42(43)44)40(30-38(12)24-16-20-34(7)8)28-26-36(10)22-14-18-32(3)4/h17-20,25-26,29-30,39-41H,13-16,21-24,27-28H2,1-12H3,(H,43,44). The van der Waals surface area contributed by atoms with E-state index in [2.05, 4.69) is 132 Å². The fraction of sp³-hybridized carbons (Fsp3) is 0.595. The van der Waals surface area contributed by atoms with E-state index in [0.29, 0.717) is 0 Å². The van der Waals surface area contributed by atoms with Crippen molar-refractivity contribution in [2.75, 3.05) is 0 Å². The van der Waals surface area contributed by atoms with Crippen LogP contribution in [0.5, 0.6) is 0 Å². The highest BCUT2D eigenvalue weighted by Gasteiger charge is 2.32. The molecule has 0 fully saturated rings. The van der Waals surface area contributed by atoms with Crippen molar-refractivity contribution in [3.05, 3.63) is 93.2 Å². The Bertz CT molecular complexity index is 1010. The molecule has 0 aliphatic carbocycles. The number of carboxylic acid groups (broad SMARTS) is 1. The summed E-state index contributed by atoms with van der Waals surface area (Å²) in [7, 11) is 0. The smallest absolute Gasteiger partial charge is 0.307 e. The molecular weight excluding hydrogens is 536 g/mol. The third kappa shape index (κ3) is 22.0. The fourth-order valence-corrected chi connectivity index (χ4v) is 5.45. The van der Waals surface area contributed by atoms with Crippen molar-refractivity contribution in [3.8, 4) is 0 Å². The van der Waals surface area contributed by atoms with Crippen LogP contribution in [-0.2, 0) is 4.79 Å². The van der Waals surface area contributed by atoms with Crippen molar-refractivity contribution in [1.29, 1.82) is 0 Å². The second-order valence-corrected chi connectivity index (χ2v) is 14.1. The molecule has 2 heteroatoms. The molecule has 248 valence electrons. The number of carbonyl (C=O) groups is 1. The first-order chi connectivity index (χ1) is 20.6. The Balaban J connectivity index is 6.61. The summed E-state index contributed by atoms with van der Waals surface area (Å²) in [5.74, 6) is -1.31. The molecule has 0 aromatic carbocycles. The van der Waals surface area contributed by atoms with Crippen molar-refractivity contribution in [1.82, 2.24) is 0 Å². The van der Waals surface area contributed by atoms with Gasteiger partial charge in [-0.05, 0) is 159 Å². The van der Waals surface area contributed by atoms with Gasteiger partial charge in [0.25, 0.3) is 0 Å². The van der Waals surface area contributed by atoms with Gasteiger partial charge in [-0.2, -0.15) is 0 Å². The molecule has 0 saturated heterocycles.